The van der Waals surface area contributed by atoms with Crippen LogP contribution in [0.1, 0.15) is 25.3 Å². The smallest absolute Gasteiger partial charge is 0.227 e. The highest BCUT2D eigenvalue weighted by Crippen LogP contribution is 2.37. The summed E-state index contributed by atoms with van der Waals surface area (Å²) in [6.45, 7) is 3.92. The highest BCUT2D eigenvalue weighted by atomic mass is 79.9. The number of anilines is 1. The van der Waals surface area contributed by atoms with Crippen LogP contribution in [0.2, 0.25) is 5.02 Å². The van der Waals surface area contributed by atoms with Crippen LogP contribution in [0.25, 0.3) is 0 Å². The van der Waals surface area contributed by atoms with Crippen LogP contribution in [0, 0.1) is 18.8 Å². The number of carbonyl (C=O) groups is 1. The maximum atomic E-state index is 12.0. The lowest BCUT2D eigenvalue weighted by molar-refractivity contribution is -0.119. The van der Waals surface area contributed by atoms with E-state index in [-0.39, 0.29) is 11.8 Å². The van der Waals surface area contributed by atoms with Gasteiger partial charge in [-0.15, -0.1) is 0 Å². The van der Waals surface area contributed by atoms with Crippen molar-refractivity contribution in [2.45, 2.75) is 26.7 Å². The summed E-state index contributed by atoms with van der Waals surface area (Å²) in [5.74, 6) is 0.727. The molecule has 1 unspecified atom stereocenters. The van der Waals surface area contributed by atoms with Gasteiger partial charge >= 0.3 is 0 Å². The molecule has 92 valence electrons. The van der Waals surface area contributed by atoms with Crippen molar-refractivity contribution < 1.29 is 4.79 Å². The van der Waals surface area contributed by atoms with Crippen LogP contribution in [-0.2, 0) is 4.79 Å². The van der Waals surface area contributed by atoms with Crippen molar-refractivity contribution in [1.82, 2.24) is 0 Å². The molecule has 0 heterocycles. The zero-order valence-electron chi connectivity index (χ0n) is 9.89. The molecule has 4 heteroatoms. The number of hydrogen-bond donors (Lipinski definition) is 1. The van der Waals surface area contributed by atoms with Gasteiger partial charge in [0.05, 0.1) is 5.69 Å². The van der Waals surface area contributed by atoms with Crippen molar-refractivity contribution in [2.75, 3.05) is 5.32 Å². The lowest BCUT2D eigenvalue weighted by Crippen LogP contribution is -2.22. The van der Waals surface area contributed by atoms with Gasteiger partial charge < -0.3 is 5.32 Å². The van der Waals surface area contributed by atoms with E-state index >= 15 is 0 Å². The van der Waals surface area contributed by atoms with Gasteiger partial charge in [0, 0.05) is 15.4 Å². The Morgan fingerprint density at radius 3 is 2.76 bits per heavy atom. The topological polar surface area (TPSA) is 29.1 Å². The molecule has 1 N–H and O–H groups in total. The molecule has 0 radical (unpaired) electrons. The number of benzene rings is 1. The summed E-state index contributed by atoms with van der Waals surface area (Å²) in [6.07, 6.45) is 2.34. The van der Waals surface area contributed by atoms with Crippen molar-refractivity contribution in [3.05, 3.63) is 27.2 Å². The predicted octanol–water partition coefficient (Wildman–Crippen LogP) is 4.40. The predicted molar refractivity (Wildman–Crippen MR) is 74.4 cm³/mol. The summed E-state index contributed by atoms with van der Waals surface area (Å²) in [5, 5.41) is 3.60. The van der Waals surface area contributed by atoms with Gasteiger partial charge in [-0.1, -0.05) is 18.5 Å². The first-order valence-corrected chi connectivity index (χ1v) is 6.92. The van der Waals surface area contributed by atoms with E-state index in [4.69, 9.17) is 11.6 Å². The van der Waals surface area contributed by atoms with E-state index < -0.39 is 0 Å². The molecule has 1 atom stereocenters. The SMILES string of the molecule is Cc1cc(Br)c(NC(=O)C(C)C2CC2)cc1Cl. The lowest BCUT2D eigenvalue weighted by atomic mass is 10.1. The molecule has 1 amide bonds. The minimum atomic E-state index is 0.0770. The summed E-state index contributed by atoms with van der Waals surface area (Å²) in [7, 11) is 0. The van der Waals surface area contributed by atoms with E-state index in [1.54, 1.807) is 6.07 Å². The molecule has 17 heavy (non-hydrogen) atoms. The largest absolute Gasteiger partial charge is 0.325 e. The zero-order chi connectivity index (χ0) is 12.6. The second-order valence-corrected chi connectivity index (χ2v) is 5.96. The van der Waals surface area contributed by atoms with Crippen molar-refractivity contribution in [1.29, 1.82) is 0 Å². The van der Waals surface area contributed by atoms with Gasteiger partial charge in [0.25, 0.3) is 0 Å². The molecule has 1 aromatic rings. The van der Waals surface area contributed by atoms with Gasteiger partial charge in [-0.05, 0) is 59.3 Å². The average molecular weight is 317 g/mol. The molecule has 0 aliphatic heterocycles. The van der Waals surface area contributed by atoms with E-state index in [9.17, 15) is 4.79 Å². The monoisotopic (exact) mass is 315 g/mol. The molecule has 1 aromatic carbocycles. The Morgan fingerprint density at radius 2 is 2.18 bits per heavy atom. The number of aryl methyl sites for hydroxylation is 1. The molecule has 0 bridgehead atoms. The second-order valence-electron chi connectivity index (χ2n) is 4.70. The molecule has 1 saturated carbocycles. The van der Waals surface area contributed by atoms with Gasteiger partial charge in [-0.3, -0.25) is 4.79 Å². The first kappa shape index (κ1) is 12.9. The molecular formula is C13H15BrClNO. The maximum absolute atomic E-state index is 12.0. The molecule has 0 saturated heterocycles. The fraction of sp³-hybridized carbons (Fsp3) is 0.462. The van der Waals surface area contributed by atoms with Crippen molar-refractivity contribution in [3.8, 4) is 0 Å². The normalized spacial score (nSPS) is 16.7. The highest BCUT2D eigenvalue weighted by molar-refractivity contribution is 9.10. The quantitative estimate of drug-likeness (QED) is 0.880. The van der Waals surface area contributed by atoms with Crippen LogP contribution in [0.5, 0.6) is 0 Å². The van der Waals surface area contributed by atoms with Gasteiger partial charge in [0.2, 0.25) is 5.91 Å². The fourth-order valence-corrected chi connectivity index (χ4v) is 2.52. The van der Waals surface area contributed by atoms with Crippen LogP contribution in [-0.4, -0.2) is 5.91 Å². The van der Waals surface area contributed by atoms with Gasteiger partial charge in [0.15, 0.2) is 0 Å². The standard InChI is InChI=1S/C13H15BrClNO/c1-7-5-10(14)12(6-11(7)15)16-13(17)8(2)9-3-4-9/h5-6,8-9H,3-4H2,1-2H3,(H,16,17). The number of nitrogens with one attached hydrogen (secondary N) is 1. The Balaban J connectivity index is 2.12. The minimum absolute atomic E-state index is 0.0770. The molecule has 1 aliphatic rings. The van der Waals surface area contributed by atoms with E-state index in [0.717, 1.165) is 15.7 Å². The van der Waals surface area contributed by atoms with E-state index in [1.807, 2.05) is 19.9 Å². The third kappa shape index (κ3) is 3.02. The van der Waals surface area contributed by atoms with Crippen molar-refractivity contribution >= 4 is 39.1 Å². The summed E-state index contributed by atoms with van der Waals surface area (Å²) < 4.78 is 0.871. The summed E-state index contributed by atoms with van der Waals surface area (Å²) in [4.78, 5) is 12.0. The molecule has 1 aliphatic carbocycles. The van der Waals surface area contributed by atoms with E-state index in [0.29, 0.717) is 10.9 Å². The van der Waals surface area contributed by atoms with E-state index in [1.165, 1.54) is 12.8 Å². The van der Waals surface area contributed by atoms with Gasteiger partial charge in [-0.2, -0.15) is 0 Å². The Morgan fingerprint density at radius 1 is 1.53 bits per heavy atom. The molecule has 0 spiro atoms. The van der Waals surface area contributed by atoms with Crippen LogP contribution in [0.15, 0.2) is 16.6 Å². The van der Waals surface area contributed by atoms with Crippen LogP contribution >= 0.6 is 27.5 Å². The third-order valence-corrected chi connectivity index (χ3v) is 4.31. The fourth-order valence-electron chi connectivity index (χ4n) is 1.80. The Bertz CT molecular complexity index is 457. The molecular weight excluding hydrogens is 302 g/mol. The molecule has 1 fully saturated rings. The van der Waals surface area contributed by atoms with Crippen LogP contribution < -0.4 is 5.32 Å². The van der Waals surface area contributed by atoms with Crippen LogP contribution in [0.4, 0.5) is 5.69 Å². The van der Waals surface area contributed by atoms with E-state index in [2.05, 4.69) is 21.2 Å². The lowest BCUT2D eigenvalue weighted by Gasteiger charge is -2.13. The Labute approximate surface area is 115 Å². The summed E-state index contributed by atoms with van der Waals surface area (Å²) in [6, 6.07) is 3.71. The Kier molecular flexibility index (Phi) is 3.79. The van der Waals surface area contributed by atoms with Crippen LogP contribution in [0.3, 0.4) is 0 Å². The molecule has 2 rings (SSSR count). The third-order valence-electron chi connectivity index (χ3n) is 3.25. The zero-order valence-corrected chi connectivity index (χ0v) is 12.2. The number of amides is 1. The van der Waals surface area contributed by atoms with Crippen molar-refractivity contribution in [2.24, 2.45) is 11.8 Å². The van der Waals surface area contributed by atoms with Crippen molar-refractivity contribution in [3.63, 3.8) is 0 Å². The summed E-state index contributed by atoms with van der Waals surface area (Å²) >= 11 is 9.49. The van der Waals surface area contributed by atoms with Gasteiger partial charge in [-0.25, -0.2) is 0 Å². The Hall–Kier alpha value is -0.540. The number of carbonyl (C=O) groups excluding carboxylic acids is 1. The first-order valence-electron chi connectivity index (χ1n) is 5.75. The highest BCUT2D eigenvalue weighted by Gasteiger charge is 2.32. The molecule has 2 nitrogen and oxygen atoms in total. The first-order chi connectivity index (χ1) is 7.99. The second kappa shape index (κ2) is 4.99. The summed E-state index contributed by atoms with van der Waals surface area (Å²) in [5.41, 5.74) is 1.74. The van der Waals surface area contributed by atoms with Gasteiger partial charge in [0.1, 0.15) is 0 Å². The molecule has 0 aromatic heterocycles. The minimum Gasteiger partial charge on any atom is -0.325 e. The number of rotatable bonds is 3. The maximum Gasteiger partial charge on any atom is 0.227 e. The number of hydrogen-bond acceptors (Lipinski definition) is 1. The number of halogens is 2. The average Bonchev–Trinajstić information content (AvgIpc) is 3.08.